The summed E-state index contributed by atoms with van der Waals surface area (Å²) in [5.74, 6) is 0.458. The van der Waals surface area contributed by atoms with Gasteiger partial charge in [0.25, 0.3) is 0 Å². The van der Waals surface area contributed by atoms with Crippen molar-refractivity contribution in [2.75, 3.05) is 12.3 Å². The number of nitrogens with one attached hydrogen (secondary N) is 1. The lowest BCUT2D eigenvalue weighted by Gasteiger charge is -2.07. The molecule has 0 radical (unpaired) electrons. The highest BCUT2D eigenvalue weighted by Gasteiger charge is 2.03. The Morgan fingerprint density at radius 2 is 2.00 bits per heavy atom. The first kappa shape index (κ1) is 14.6. The first-order chi connectivity index (χ1) is 9.75. The summed E-state index contributed by atoms with van der Waals surface area (Å²) < 4.78 is 0. The lowest BCUT2D eigenvalue weighted by atomic mass is 10.1. The molecule has 0 unspecified atom stereocenters. The largest absolute Gasteiger partial charge is 0.355 e. The Hall–Kier alpha value is -1.81. The number of hydrogen-bond acceptors (Lipinski definition) is 3. The zero-order valence-corrected chi connectivity index (χ0v) is 12.3. The fraction of sp³-hybridized carbons (Fsp3) is 0.250. The molecule has 1 amide bonds. The molecular weight excluding hydrogens is 268 g/mol. The van der Waals surface area contributed by atoms with Crippen molar-refractivity contribution in [1.82, 2.24) is 10.3 Å². The van der Waals surface area contributed by atoms with Gasteiger partial charge in [-0.15, -0.1) is 0 Å². The molecule has 1 heterocycles. The van der Waals surface area contributed by atoms with Gasteiger partial charge >= 0.3 is 0 Å². The van der Waals surface area contributed by atoms with Crippen molar-refractivity contribution in [2.45, 2.75) is 18.4 Å². The van der Waals surface area contributed by atoms with Crippen LogP contribution in [0.1, 0.15) is 11.1 Å². The second-order valence-electron chi connectivity index (χ2n) is 4.48. The second-order valence-corrected chi connectivity index (χ2v) is 5.48. The zero-order valence-electron chi connectivity index (χ0n) is 11.5. The number of pyridine rings is 1. The molecule has 0 saturated heterocycles. The summed E-state index contributed by atoms with van der Waals surface area (Å²) in [4.78, 5) is 15.9. The SMILES string of the molecule is Cc1ccccc1CCNC(=O)CSc1ccccn1. The van der Waals surface area contributed by atoms with Crippen LogP contribution >= 0.6 is 11.8 Å². The monoisotopic (exact) mass is 286 g/mol. The molecule has 0 atom stereocenters. The van der Waals surface area contributed by atoms with Gasteiger partial charge < -0.3 is 5.32 Å². The van der Waals surface area contributed by atoms with E-state index in [9.17, 15) is 4.79 Å². The minimum atomic E-state index is 0.0502. The lowest BCUT2D eigenvalue weighted by Crippen LogP contribution is -2.27. The minimum absolute atomic E-state index is 0.0502. The van der Waals surface area contributed by atoms with Crippen LogP contribution in [0.25, 0.3) is 0 Å². The summed E-state index contributed by atoms with van der Waals surface area (Å²) in [7, 11) is 0. The maximum Gasteiger partial charge on any atom is 0.230 e. The Bertz CT molecular complexity index is 557. The van der Waals surface area contributed by atoms with Crippen LogP contribution < -0.4 is 5.32 Å². The van der Waals surface area contributed by atoms with Crippen molar-refractivity contribution in [3.8, 4) is 0 Å². The second kappa shape index (κ2) is 7.70. The zero-order chi connectivity index (χ0) is 14.2. The molecule has 0 fully saturated rings. The van der Waals surface area contributed by atoms with Crippen LogP contribution in [0.4, 0.5) is 0 Å². The molecule has 1 N–H and O–H groups in total. The highest BCUT2D eigenvalue weighted by Crippen LogP contribution is 2.13. The van der Waals surface area contributed by atoms with E-state index in [0.29, 0.717) is 12.3 Å². The van der Waals surface area contributed by atoms with Crippen molar-refractivity contribution < 1.29 is 4.79 Å². The van der Waals surface area contributed by atoms with Crippen molar-refractivity contribution in [1.29, 1.82) is 0 Å². The van der Waals surface area contributed by atoms with Crippen molar-refractivity contribution >= 4 is 17.7 Å². The Morgan fingerprint density at radius 3 is 2.75 bits per heavy atom. The van der Waals surface area contributed by atoms with Gasteiger partial charge in [-0.2, -0.15) is 0 Å². The average molecular weight is 286 g/mol. The fourth-order valence-electron chi connectivity index (χ4n) is 1.85. The molecule has 1 aromatic heterocycles. The molecule has 0 spiro atoms. The highest BCUT2D eigenvalue weighted by atomic mass is 32.2. The van der Waals surface area contributed by atoms with Crippen LogP contribution in [0.3, 0.4) is 0 Å². The van der Waals surface area contributed by atoms with E-state index in [4.69, 9.17) is 0 Å². The van der Waals surface area contributed by atoms with E-state index in [2.05, 4.69) is 29.4 Å². The first-order valence-corrected chi connectivity index (χ1v) is 7.59. The smallest absolute Gasteiger partial charge is 0.230 e. The summed E-state index contributed by atoms with van der Waals surface area (Å²) in [5, 5.41) is 3.82. The summed E-state index contributed by atoms with van der Waals surface area (Å²) >= 11 is 1.45. The summed E-state index contributed by atoms with van der Waals surface area (Å²) in [6, 6.07) is 13.9. The van der Waals surface area contributed by atoms with Gasteiger partial charge in [-0.05, 0) is 36.6 Å². The number of nitrogens with zero attached hydrogens (tertiary/aromatic N) is 1. The van der Waals surface area contributed by atoms with E-state index in [-0.39, 0.29) is 5.91 Å². The van der Waals surface area contributed by atoms with E-state index in [0.717, 1.165) is 11.4 Å². The number of carbonyl (C=O) groups is 1. The molecule has 1 aromatic carbocycles. The van der Waals surface area contributed by atoms with E-state index in [1.54, 1.807) is 6.20 Å². The molecule has 104 valence electrons. The highest BCUT2D eigenvalue weighted by molar-refractivity contribution is 7.99. The molecule has 4 heteroatoms. The molecular formula is C16H18N2OS. The third kappa shape index (κ3) is 4.70. The van der Waals surface area contributed by atoms with Gasteiger partial charge in [-0.3, -0.25) is 4.79 Å². The molecule has 2 rings (SSSR count). The van der Waals surface area contributed by atoms with E-state index in [1.165, 1.54) is 22.9 Å². The number of thioether (sulfide) groups is 1. The third-order valence-corrected chi connectivity index (χ3v) is 3.91. The number of hydrogen-bond donors (Lipinski definition) is 1. The third-order valence-electron chi connectivity index (χ3n) is 2.97. The van der Waals surface area contributed by atoms with Gasteiger partial charge in [0.1, 0.15) is 0 Å². The first-order valence-electron chi connectivity index (χ1n) is 6.61. The van der Waals surface area contributed by atoms with Crippen LogP contribution in [0.5, 0.6) is 0 Å². The molecule has 0 aliphatic rings. The summed E-state index contributed by atoms with van der Waals surface area (Å²) in [6.45, 7) is 2.76. The van der Waals surface area contributed by atoms with Gasteiger partial charge in [-0.25, -0.2) is 4.98 Å². The fourth-order valence-corrected chi connectivity index (χ4v) is 2.54. The molecule has 3 nitrogen and oxygen atoms in total. The van der Waals surface area contributed by atoms with E-state index in [1.807, 2.05) is 30.3 Å². The quantitative estimate of drug-likeness (QED) is 0.830. The van der Waals surface area contributed by atoms with E-state index >= 15 is 0 Å². The number of aromatic nitrogens is 1. The number of amides is 1. The number of benzene rings is 1. The van der Waals surface area contributed by atoms with Crippen molar-refractivity contribution in [2.24, 2.45) is 0 Å². The van der Waals surface area contributed by atoms with E-state index < -0.39 is 0 Å². The standard InChI is InChI=1S/C16H18N2OS/c1-13-6-2-3-7-14(13)9-11-17-15(19)12-20-16-8-4-5-10-18-16/h2-8,10H,9,11-12H2,1H3,(H,17,19). The average Bonchev–Trinajstić information content (AvgIpc) is 2.48. The molecule has 0 saturated carbocycles. The van der Waals surface area contributed by atoms with Crippen molar-refractivity contribution in [3.05, 3.63) is 59.8 Å². The lowest BCUT2D eigenvalue weighted by molar-refractivity contribution is -0.118. The predicted molar refractivity (Wildman–Crippen MR) is 82.9 cm³/mol. The normalized spacial score (nSPS) is 10.2. The molecule has 2 aromatic rings. The molecule has 20 heavy (non-hydrogen) atoms. The Balaban J connectivity index is 1.69. The predicted octanol–water partition coefficient (Wildman–Crippen LogP) is 2.84. The van der Waals surface area contributed by atoms with Gasteiger partial charge in [-0.1, -0.05) is 42.1 Å². The van der Waals surface area contributed by atoms with Crippen molar-refractivity contribution in [3.63, 3.8) is 0 Å². The van der Waals surface area contributed by atoms with Crippen LogP contribution in [-0.4, -0.2) is 23.2 Å². The number of carbonyl (C=O) groups excluding carboxylic acids is 1. The van der Waals surface area contributed by atoms with Gasteiger partial charge in [0, 0.05) is 12.7 Å². The van der Waals surface area contributed by atoms with Gasteiger partial charge in [0.2, 0.25) is 5.91 Å². The minimum Gasteiger partial charge on any atom is -0.355 e. The Kier molecular flexibility index (Phi) is 5.62. The number of aryl methyl sites for hydroxylation is 1. The Morgan fingerprint density at radius 1 is 1.20 bits per heavy atom. The van der Waals surface area contributed by atoms with Crippen LogP contribution in [-0.2, 0) is 11.2 Å². The van der Waals surface area contributed by atoms with Gasteiger partial charge in [0.15, 0.2) is 0 Å². The van der Waals surface area contributed by atoms with Crippen LogP contribution in [0, 0.1) is 6.92 Å². The van der Waals surface area contributed by atoms with Gasteiger partial charge in [0.05, 0.1) is 10.8 Å². The summed E-state index contributed by atoms with van der Waals surface area (Å²) in [5.41, 5.74) is 2.55. The molecule has 0 aliphatic heterocycles. The Labute approximate surface area is 123 Å². The number of rotatable bonds is 6. The maximum absolute atomic E-state index is 11.7. The van der Waals surface area contributed by atoms with Crippen LogP contribution in [0.15, 0.2) is 53.7 Å². The topological polar surface area (TPSA) is 42.0 Å². The summed E-state index contributed by atoms with van der Waals surface area (Å²) in [6.07, 6.45) is 2.60. The molecule has 0 bridgehead atoms. The maximum atomic E-state index is 11.7. The van der Waals surface area contributed by atoms with Crippen LogP contribution in [0.2, 0.25) is 0 Å². The molecule has 0 aliphatic carbocycles.